The summed E-state index contributed by atoms with van der Waals surface area (Å²) in [6, 6.07) is 9.74. The largest absolute Gasteiger partial charge is 0.351 e. The second kappa shape index (κ2) is 6.92. The van der Waals surface area contributed by atoms with Gasteiger partial charge in [0, 0.05) is 17.1 Å². The number of hydrogen-bond donors (Lipinski definition) is 2. The van der Waals surface area contributed by atoms with E-state index in [0.29, 0.717) is 17.8 Å². The monoisotopic (exact) mass is 345 g/mol. The van der Waals surface area contributed by atoms with Crippen molar-refractivity contribution in [2.75, 3.05) is 6.54 Å². The molecule has 0 aliphatic carbocycles. The zero-order chi connectivity index (χ0) is 17.1. The molecule has 1 unspecified atom stereocenters. The minimum atomic E-state index is -0.289. The fourth-order valence-corrected chi connectivity index (χ4v) is 3.40. The van der Waals surface area contributed by atoms with Gasteiger partial charge in [-0.3, -0.25) is 9.59 Å². The Labute approximate surface area is 142 Å². The van der Waals surface area contributed by atoms with E-state index in [1.54, 1.807) is 25.1 Å². The zero-order valence-corrected chi connectivity index (χ0v) is 13.8. The van der Waals surface area contributed by atoms with Gasteiger partial charge in [-0.2, -0.15) is 5.10 Å². The first-order chi connectivity index (χ1) is 11.5. The second-order valence-corrected chi connectivity index (χ2v) is 6.58. The maximum absolute atomic E-state index is 13.0. The van der Waals surface area contributed by atoms with E-state index in [1.165, 1.54) is 23.5 Å². The normalized spacial score (nSPS) is 16.7. The zero-order valence-electron chi connectivity index (χ0n) is 13.0. The predicted octanol–water partition coefficient (Wildman–Crippen LogP) is 2.80. The maximum atomic E-state index is 13.0. The van der Waals surface area contributed by atoms with Gasteiger partial charge in [-0.05, 0) is 43.2 Å². The van der Waals surface area contributed by atoms with Gasteiger partial charge in [0.2, 0.25) is 5.91 Å². The van der Waals surface area contributed by atoms with Gasteiger partial charge in [0.15, 0.2) is 0 Å². The van der Waals surface area contributed by atoms with Crippen LogP contribution in [0.3, 0.4) is 0 Å². The van der Waals surface area contributed by atoms with Crippen LogP contribution in [-0.2, 0) is 4.79 Å². The molecular weight excluding hydrogens is 329 g/mol. The van der Waals surface area contributed by atoms with Crippen molar-refractivity contribution in [2.45, 2.75) is 13.3 Å². The minimum absolute atomic E-state index is 0.128. The van der Waals surface area contributed by atoms with Crippen molar-refractivity contribution in [3.05, 3.63) is 47.1 Å². The summed E-state index contributed by atoms with van der Waals surface area (Å²) in [5.74, 6) is -0.871. The highest BCUT2D eigenvalue weighted by Crippen LogP contribution is 2.28. The molecule has 2 aromatic rings. The number of halogens is 1. The molecule has 24 heavy (non-hydrogen) atoms. The molecular formula is C17H16FN3O2S. The van der Waals surface area contributed by atoms with E-state index in [2.05, 4.69) is 15.8 Å². The van der Waals surface area contributed by atoms with E-state index >= 15 is 0 Å². The first-order valence-corrected chi connectivity index (χ1v) is 8.34. The molecule has 2 heterocycles. The number of benzene rings is 1. The van der Waals surface area contributed by atoms with Crippen LogP contribution in [-0.4, -0.2) is 24.1 Å². The molecule has 1 atom stereocenters. The van der Waals surface area contributed by atoms with Crippen LogP contribution in [0.4, 0.5) is 4.39 Å². The van der Waals surface area contributed by atoms with Crippen LogP contribution in [0.2, 0.25) is 0 Å². The third-order valence-electron chi connectivity index (χ3n) is 3.84. The van der Waals surface area contributed by atoms with Crippen molar-refractivity contribution in [3.63, 3.8) is 0 Å². The Morgan fingerprint density at radius 3 is 2.71 bits per heavy atom. The molecule has 7 heteroatoms. The third kappa shape index (κ3) is 3.51. The molecule has 3 rings (SSSR count). The van der Waals surface area contributed by atoms with E-state index < -0.39 is 0 Å². The van der Waals surface area contributed by atoms with Crippen molar-refractivity contribution in [3.8, 4) is 10.4 Å². The molecule has 0 spiro atoms. The lowest BCUT2D eigenvalue weighted by molar-refractivity contribution is -0.122. The quantitative estimate of drug-likeness (QED) is 0.875. The smallest absolute Gasteiger partial charge is 0.261 e. The molecule has 1 aliphatic rings. The van der Waals surface area contributed by atoms with Crippen molar-refractivity contribution in [2.24, 2.45) is 11.0 Å². The van der Waals surface area contributed by atoms with Gasteiger partial charge < -0.3 is 5.32 Å². The first kappa shape index (κ1) is 16.3. The van der Waals surface area contributed by atoms with Crippen LogP contribution in [0.25, 0.3) is 10.4 Å². The van der Waals surface area contributed by atoms with Crippen LogP contribution in [0.1, 0.15) is 23.0 Å². The average molecular weight is 345 g/mol. The summed E-state index contributed by atoms with van der Waals surface area (Å²) in [7, 11) is 0. The molecule has 0 saturated heterocycles. The van der Waals surface area contributed by atoms with Crippen LogP contribution >= 0.6 is 11.3 Å². The Morgan fingerprint density at radius 1 is 1.29 bits per heavy atom. The standard InChI is InChI=1S/C17H16FN3O2S/c1-10-13(16(22)21-20-10)8-9-19-17(23)15-7-6-14(24-15)11-2-4-12(18)5-3-11/h2-7,13H,8-9H2,1H3,(H,19,23)(H,21,22). The van der Waals surface area contributed by atoms with Crippen molar-refractivity contribution < 1.29 is 14.0 Å². The topological polar surface area (TPSA) is 70.6 Å². The average Bonchev–Trinajstić information content (AvgIpc) is 3.17. The highest BCUT2D eigenvalue weighted by Gasteiger charge is 2.26. The summed E-state index contributed by atoms with van der Waals surface area (Å²) in [6.07, 6.45) is 0.517. The Kier molecular flexibility index (Phi) is 4.71. The molecule has 1 aromatic heterocycles. The Bertz CT molecular complexity index is 798. The first-order valence-electron chi connectivity index (χ1n) is 7.52. The highest BCUT2D eigenvalue weighted by molar-refractivity contribution is 7.17. The number of thiophene rings is 1. The lowest BCUT2D eigenvalue weighted by Gasteiger charge is -2.08. The molecule has 1 aromatic carbocycles. The lowest BCUT2D eigenvalue weighted by atomic mass is 10.0. The summed E-state index contributed by atoms with van der Waals surface area (Å²) in [5, 5.41) is 6.69. The predicted molar refractivity (Wildman–Crippen MR) is 91.4 cm³/mol. The molecule has 124 valence electrons. The molecule has 0 saturated carbocycles. The molecule has 0 fully saturated rings. The van der Waals surface area contributed by atoms with Crippen LogP contribution in [0, 0.1) is 11.7 Å². The molecule has 2 N–H and O–H groups in total. The fourth-order valence-electron chi connectivity index (χ4n) is 2.48. The van der Waals surface area contributed by atoms with E-state index in [4.69, 9.17) is 0 Å². The van der Waals surface area contributed by atoms with Gasteiger partial charge in [0.1, 0.15) is 5.82 Å². The number of rotatable bonds is 5. The van der Waals surface area contributed by atoms with Gasteiger partial charge in [0.05, 0.1) is 10.8 Å². The van der Waals surface area contributed by atoms with Gasteiger partial charge in [-0.1, -0.05) is 12.1 Å². The molecule has 5 nitrogen and oxygen atoms in total. The number of nitrogens with one attached hydrogen (secondary N) is 2. The van der Waals surface area contributed by atoms with Gasteiger partial charge >= 0.3 is 0 Å². The number of carbonyl (C=O) groups is 2. The number of amides is 2. The van der Waals surface area contributed by atoms with Crippen LogP contribution in [0.15, 0.2) is 41.5 Å². The third-order valence-corrected chi connectivity index (χ3v) is 4.97. The van der Waals surface area contributed by atoms with Crippen LogP contribution < -0.4 is 10.7 Å². The van der Waals surface area contributed by atoms with Gasteiger partial charge in [0.25, 0.3) is 5.91 Å². The number of nitrogens with zero attached hydrogens (tertiary/aromatic N) is 1. The number of hydrogen-bond acceptors (Lipinski definition) is 4. The molecule has 0 radical (unpaired) electrons. The van der Waals surface area contributed by atoms with Gasteiger partial charge in [-0.15, -0.1) is 11.3 Å². The maximum Gasteiger partial charge on any atom is 0.261 e. The molecule has 1 aliphatic heterocycles. The molecule has 0 bridgehead atoms. The van der Waals surface area contributed by atoms with E-state index in [0.717, 1.165) is 16.2 Å². The highest BCUT2D eigenvalue weighted by atomic mass is 32.1. The van der Waals surface area contributed by atoms with E-state index in [-0.39, 0.29) is 23.5 Å². The number of hydrazone groups is 1. The second-order valence-electron chi connectivity index (χ2n) is 5.50. The summed E-state index contributed by atoms with van der Waals surface area (Å²) >= 11 is 1.35. The summed E-state index contributed by atoms with van der Waals surface area (Å²) in [4.78, 5) is 25.2. The van der Waals surface area contributed by atoms with Crippen molar-refractivity contribution >= 4 is 28.9 Å². The van der Waals surface area contributed by atoms with Crippen LogP contribution in [0.5, 0.6) is 0 Å². The van der Waals surface area contributed by atoms with E-state index in [9.17, 15) is 14.0 Å². The minimum Gasteiger partial charge on any atom is -0.351 e. The summed E-state index contributed by atoms with van der Waals surface area (Å²) in [5.41, 5.74) is 4.04. The SMILES string of the molecule is CC1=NNC(=O)C1CCNC(=O)c1ccc(-c2ccc(F)cc2)s1. The Balaban J connectivity index is 1.57. The summed E-state index contributed by atoms with van der Waals surface area (Å²) in [6.45, 7) is 2.19. The van der Waals surface area contributed by atoms with Crippen molar-refractivity contribution in [1.82, 2.24) is 10.7 Å². The van der Waals surface area contributed by atoms with Gasteiger partial charge in [-0.25, -0.2) is 9.82 Å². The molecule has 2 amide bonds. The van der Waals surface area contributed by atoms with E-state index in [1.807, 2.05) is 6.07 Å². The Hall–Kier alpha value is -2.54. The lowest BCUT2D eigenvalue weighted by Crippen LogP contribution is -2.29. The van der Waals surface area contributed by atoms with Crippen molar-refractivity contribution in [1.29, 1.82) is 0 Å². The fraction of sp³-hybridized carbons (Fsp3) is 0.235. The summed E-state index contributed by atoms with van der Waals surface area (Å²) < 4.78 is 13.0. The number of carbonyl (C=O) groups excluding carboxylic acids is 2. The Morgan fingerprint density at radius 2 is 2.04 bits per heavy atom.